The molecule has 10 unspecified atom stereocenters. The maximum Gasteiger partial charge on any atom is 0.338 e. The molecular weight excluding hydrogens is 468 g/mol. The molecule has 10 atom stereocenters. The molecule has 1 aromatic rings. The molecule has 1 aromatic carbocycles. The zero-order valence-electron chi connectivity index (χ0n) is 24.7. The fourth-order valence-corrected chi connectivity index (χ4v) is 10.2. The fraction of sp³-hybridized carbons (Fsp3) is 0.743. The molecule has 0 aromatic heterocycles. The summed E-state index contributed by atoms with van der Waals surface area (Å²) in [5.41, 5.74) is 0.345. The Morgan fingerprint density at radius 3 is 2.47 bits per heavy atom. The smallest absolute Gasteiger partial charge is 0.338 e. The van der Waals surface area contributed by atoms with Gasteiger partial charge in [-0.3, -0.25) is 0 Å². The minimum absolute atomic E-state index is 0.264. The van der Waals surface area contributed by atoms with Crippen molar-refractivity contribution in [2.24, 2.45) is 46.3 Å². The molecule has 4 aliphatic rings. The summed E-state index contributed by atoms with van der Waals surface area (Å²) in [6.07, 6.45) is 15.0. The maximum absolute atomic E-state index is 12.8. The Bertz CT molecular complexity index is 1020. The predicted molar refractivity (Wildman–Crippen MR) is 155 cm³/mol. The molecular formula is C35H52O3. The summed E-state index contributed by atoms with van der Waals surface area (Å²) < 4.78 is 5.99. The summed E-state index contributed by atoms with van der Waals surface area (Å²) in [4.78, 5) is 12.8. The van der Waals surface area contributed by atoms with Crippen molar-refractivity contribution in [1.82, 2.24) is 0 Å². The van der Waals surface area contributed by atoms with Crippen molar-refractivity contribution < 1.29 is 14.6 Å². The van der Waals surface area contributed by atoms with Crippen molar-refractivity contribution in [1.29, 1.82) is 0 Å². The second-order valence-electron chi connectivity index (χ2n) is 14.9. The Balaban J connectivity index is 1.23. The predicted octanol–water partition coefficient (Wildman–Crippen LogP) is 8.61. The van der Waals surface area contributed by atoms with E-state index in [1.54, 1.807) is 0 Å². The van der Waals surface area contributed by atoms with E-state index in [1.807, 2.05) is 43.3 Å². The lowest BCUT2D eigenvalue weighted by Gasteiger charge is -2.62. The molecule has 0 aliphatic heterocycles. The summed E-state index contributed by atoms with van der Waals surface area (Å²) in [7, 11) is 0. The summed E-state index contributed by atoms with van der Waals surface area (Å²) in [5.74, 6) is 4.32. The highest BCUT2D eigenvalue weighted by Crippen LogP contribution is 2.69. The van der Waals surface area contributed by atoms with Gasteiger partial charge >= 0.3 is 5.97 Å². The number of aliphatic hydroxyl groups is 1. The van der Waals surface area contributed by atoms with Gasteiger partial charge in [-0.25, -0.2) is 4.79 Å². The molecule has 4 saturated carbocycles. The molecule has 3 nitrogen and oxygen atoms in total. The number of carbonyl (C=O) groups excluding carboxylic acids is 1. The maximum atomic E-state index is 12.8. The van der Waals surface area contributed by atoms with Gasteiger partial charge in [0.1, 0.15) is 5.60 Å². The number of hydrogen-bond acceptors (Lipinski definition) is 3. The van der Waals surface area contributed by atoms with E-state index in [2.05, 4.69) is 34.3 Å². The number of fused-ring (bicyclic) bond motifs is 5. The summed E-state index contributed by atoms with van der Waals surface area (Å²) in [6.45, 7) is 15.8. The van der Waals surface area contributed by atoms with Crippen LogP contribution in [-0.4, -0.2) is 22.3 Å². The molecule has 5 rings (SSSR count). The molecule has 0 saturated heterocycles. The van der Waals surface area contributed by atoms with E-state index < -0.39 is 11.2 Å². The van der Waals surface area contributed by atoms with E-state index in [9.17, 15) is 9.90 Å². The van der Waals surface area contributed by atoms with Gasteiger partial charge in [0.25, 0.3) is 0 Å². The Morgan fingerprint density at radius 1 is 1.05 bits per heavy atom. The van der Waals surface area contributed by atoms with E-state index in [-0.39, 0.29) is 5.97 Å². The van der Waals surface area contributed by atoms with Crippen LogP contribution in [0.4, 0.5) is 0 Å². The Morgan fingerprint density at radius 2 is 1.76 bits per heavy atom. The largest absolute Gasteiger partial charge is 0.452 e. The van der Waals surface area contributed by atoms with Gasteiger partial charge in [0, 0.05) is 0 Å². The third-order valence-corrected chi connectivity index (χ3v) is 12.6. The van der Waals surface area contributed by atoms with Gasteiger partial charge in [0.2, 0.25) is 0 Å². The van der Waals surface area contributed by atoms with E-state index in [4.69, 9.17) is 4.74 Å². The van der Waals surface area contributed by atoms with E-state index in [1.165, 1.54) is 44.9 Å². The lowest BCUT2D eigenvalue weighted by atomic mass is 9.43. The van der Waals surface area contributed by atoms with Gasteiger partial charge in [0.15, 0.2) is 0 Å². The molecule has 0 spiro atoms. The third-order valence-electron chi connectivity index (χ3n) is 12.6. The molecule has 4 aliphatic carbocycles. The van der Waals surface area contributed by atoms with Crippen molar-refractivity contribution in [3.8, 4) is 0 Å². The summed E-state index contributed by atoms with van der Waals surface area (Å²) in [6, 6.07) is 9.29. The van der Waals surface area contributed by atoms with Crippen LogP contribution in [0.3, 0.4) is 0 Å². The van der Waals surface area contributed by atoms with E-state index in [0.717, 1.165) is 49.4 Å². The number of hydrogen-bond donors (Lipinski definition) is 1. The van der Waals surface area contributed by atoms with E-state index >= 15 is 0 Å². The quantitative estimate of drug-likeness (QED) is 0.289. The van der Waals surface area contributed by atoms with Crippen molar-refractivity contribution in [3.63, 3.8) is 0 Å². The highest BCUT2D eigenvalue weighted by atomic mass is 16.6. The van der Waals surface area contributed by atoms with Crippen LogP contribution in [0.2, 0.25) is 0 Å². The minimum atomic E-state index is -0.646. The summed E-state index contributed by atoms with van der Waals surface area (Å²) >= 11 is 0. The normalized spacial score (nSPS) is 42.6. The van der Waals surface area contributed by atoms with Crippen LogP contribution in [0.25, 0.3) is 0 Å². The highest BCUT2D eigenvalue weighted by Gasteiger charge is 2.61. The van der Waals surface area contributed by atoms with Crippen LogP contribution in [0.15, 0.2) is 43.0 Å². The average molecular weight is 521 g/mol. The molecule has 3 heteroatoms. The standard InChI is InChI=1S/C35H52O3/c1-7-33(4,38-31(36)25-11-9-8-10-12-25)19-17-24(2)28-15-16-29-27-14-13-26-23-32(3,37)21-22-34(26,5)30(27)18-20-35(28,29)6/h7-12,24,26-30,37H,1,13-23H2,2-6H3. The van der Waals surface area contributed by atoms with Gasteiger partial charge in [0.05, 0.1) is 11.2 Å². The number of rotatable bonds is 7. The second-order valence-corrected chi connectivity index (χ2v) is 14.9. The lowest BCUT2D eigenvalue weighted by molar-refractivity contribution is -0.148. The Kier molecular flexibility index (Phi) is 7.42. The molecule has 0 radical (unpaired) electrons. The number of carbonyl (C=O) groups is 1. The van der Waals surface area contributed by atoms with Crippen LogP contribution in [0.1, 0.15) is 116 Å². The molecule has 0 bridgehead atoms. The first-order valence-electron chi connectivity index (χ1n) is 15.6. The minimum Gasteiger partial charge on any atom is -0.452 e. The van der Waals surface area contributed by atoms with Crippen molar-refractivity contribution in [3.05, 3.63) is 48.6 Å². The molecule has 210 valence electrons. The van der Waals surface area contributed by atoms with Gasteiger partial charge in [-0.1, -0.05) is 45.5 Å². The Labute approximate surface area is 231 Å². The molecule has 1 N–H and O–H groups in total. The highest BCUT2D eigenvalue weighted by molar-refractivity contribution is 5.89. The van der Waals surface area contributed by atoms with Gasteiger partial charge in [-0.2, -0.15) is 0 Å². The molecule has 0 amide bonds. The van der Waals surface area contributed by atoms with Crippen LogP contribution in [-0.2, 0) is 4.74 Å². The zero-order valence-corrected chi connectivity index (χ0v) is 24.7. The van der Waals surface area contributed by atoms with Crippen LogP contribution in [0.5, 0.6) is 0 Å². The van der Waals surface area contributed by atoms with Gasteiger partial charge in [-0.15, -0.1) is 0 Å². The van der Waals surface area contributed by atoms with Gasteiger partial charge < -0.3 is 9.84 Å². The van der Waals surface area contributed by atoms with E-state index in [0.29, 0.717) is 28.2 Å². The Hall–Kier alpha value is -1.61. The van der Waals surface area contributed by atoms with Crippen LogP contribution < -0.4 is 0 Å². The molecule has 4 fully saturated rings. The topological polar surface area (TPSA) is 46.5 Å². The third kappa shape index (κ3) is 4.91. The lowest BCUT2D eigenvalue weighted by Crippen LogP contribution is -2.55. The van der Waals surface area contributed by atoms with Crippen molar-refractivity contribution >= 4 is 5.97 Å². The fourth-order valence-electron chi connectivity index (χ4n) is 10.2. The average Bonchev–Trinajstić information content (AvgIpc) is 3.25. The monoisotopic (exact) mass is 520 g/mol. The number of benzene rings is 1. The van der Waals surface area contributed by atoms with Crippen molar-refractivity contribution in [2.45, 2.75) is 116 Å². The second kappa shape index (κ2) is 10.1. The zero-order chi connectivity index (χ0) is 27.3. The van der Waals surface area contributed by atoms with Gasteiger partial charge in [-0.05, 0) is 149 Å². The SMILES string of the molecule is C=CC(C)(CCC(C)C1CCC2C3CCC4CC(C)(O)CCC4(C)C3CCC12C)OC(=O)c1ccccc1. The number of esters is 1. The molecule has 0 heterocycles. The van der Waals surface area contributed by atoms with Crippen LogP contribution in [0, 0.1) is 46.3 Å². The number of ether oxygens (including phenoxy) is 1. The summed E-state index contributed by atoms with van der Waals surface area (Å²) in [5, 5.41) is 10.8. The first-order valence-corrected chi connectivity index (χ1v) is 15.6. The van der Waals surface area contributed by atoms with Crippen LogP contribution >= 0.6 is 0 Å². The first-order chi connectivity index (χ1) is 17.9. The first kappa shape index (κ1) is 27.9. The van der Waals surface area contributed by atoms with Crippen molar-refractivity contribution in [2.75, 3.05) is 0 Å². The molecule has 38 heavy (non-hydrogen) atoms.